The molecule has 2 aliphatic heterocycles. The molecule has 0 amide bonds. The largest absolute Gasteiger partial charge is 0.378 e. The van der Waals surface area contributed by atoms with E-state index in [0.29, 0.717) is 13.0 Å². The summed E-state index contributed by atoms with van der Waals surface area (Å²) >= 11 is 20.2. The highest BCUT2D eigenvalue weighted by Crippen LogP contribution is 2.58. The van der Waals surface area contributed by atoms with Gasteiger partial charge < -0.3 is 9.47 Å². The molecule has 23 heavy (non-hydrogen) atoms. The number of hydrogen-bond donors (Lipinski definition) is 0. The summed E-state index contributed by atoms with van der Waals surface area (Å²) in [5.74, 6) is -0.154. The lowest BCUT2D eigenvalue weighted by Gasteiger charge is -2.48. The molecule has 0 aromatic heterocycles. The zero-order valence-corrected chi connectivity index (χ0v) is 15.8. The first-order valence-electron chi connectivity index (χ1n) is 8.17. The molecule has 2 saturated heterocycles. The van der Waals surface area contributed by atoms with E-state index in [2.05, 4.69) is 26.0 Å². The Morgan fingerprint density at radius 1 is 1.13 bits per heavy atom. The third kappa shape index (κ3) is 3.02. The van der Waals surface area contributed by atoms with Crippen LogP contribution in [0.15, 0.2) is 30.3 Å². The van der Waals surface area contributed by atoms with Gasteiger partial charge in [0, 0.05) is 18.9 Å². The van der Waals surface area contributed by atoms with Gasteiger partial charge in [0.2, 0.25) is 0 Å². The highest BCUT2D eigenvalue weighted by molar-refractivity contribution is 6.53. The van der Waals surface area contributed by atoms with Crippen LogP contribution in [-0.4, -0.2) is 28.7 Å². The Balaban J connectivity index is 2.06. The van der Waals surface area contributed by atoms with E-state index < -0.39 is 9.39 Å². The maximum atomic E-state index is 6.98. The van der Waals surface area contributed by atoms with Crippen molar-refractivity contribution in [2.75, 3.05) is 13.2 Å². The van der Waals surface area contributed by atoms with Crippen molar-refractivity contribution >= 4 is 34.8 Å². The molecule has 1 aromatic rings. The monoisotopic (exact) mass is 376 g/mol. The van der Waals surface area contributed by atoms with Crippen molar-refractivity contribution in [2.45, 2.75) is 54.0 Å². The Morgan fingerprint density at radius 3 is 2.35 bits per heavy atom. The Bertz CT molecular complexity index is 540. The zero-order chi connectivity index (χ0) is 16.7. The summed E-state index contributed by atoms with van der Waals surface area (Å²) in [6.07, 6.45) is 2.48. The van der Waals surface area contributed by atoms with Crippen LogP contribution in [0.2, 0.25) is 0 Å². The van der Waals surface area contributed by atoms with Crippen molar-refractivity contribution in [3.8, 4) is 0 Å². The smallest absolute Gasteiger partial charge is 0.180 e. The van der Waals surface area contributed by atoms with Crippen LogP contribution < -0.4 is 0 Å². The average molecular weight is 378 g/mol. The van der Waals surface area contributed by atoms with E-state index in [1.807, 2.05) is 18.2 Å². The van der Waals surface area contributed by atoms with Crippen molar-refractivity contribution in [2.24, 2.45) is 5.92 Å². The Kier molecular flexibility index (Phi) is 4.95. The first-order valence-corrected chi connectivity index (χ1v) is 9.30. The lowest BCUT2D eigenvalue weighted by molar-refractivity contribution is -0.0724. The highest BCUT2D eigenvalue weighted by Gasteiger charge is 2.64. The number of rotatable bonds is 4. The topological polar surface area (TPSA) is 18.5 Å². The molecule has 3 rings (SSSR count). The van der Waals surface area contributed by atoms with E-state index in [4.69, 9.17) is 44.3 Å². The number of benzene rings is 1. The molecular weight excluding hydrogens is 355 g/mol. The normalized spacial score (nSPS) is 32.1. The average Bonchev–Trinajstić information content (AvgIpc) is 3.09. The van der Waals surface area contributed by atoms with E-state index in [-0.39, 0.29) is 17.4 Å². The maximum Gasteiger partial charge on any atom is 0.180 e. The fourth-order valence-electron chi connectivity index (χ4n) is 4.00. The second-order valence-electron chi connectivity index (χ2n) is 7.06. The minimum Gasteiger partial charge on any atom is -0.378 e. The molecule has 0 bridgehead atoms. The highest BCUT2D eigenvalue weighted by atomic mass is 35.5. The Hall–Kier alpha value is 0.01000. The van der Waals surface area contributed by atoms with Gasteiger partial charge >= 0.3 is 0 Å². The molecule has 2 fully saturated rings. The van der Waals surface area contributed by atoms with Gasteiger partial charge in [0.15, 0.2) is 9.39 Å². The van der Waals surface area contributed by atoms with Crippen LogP contribution in [0, 0.1) is 5.92 Å². The van der Waals surface area contributed by atoms with Gasteiger partial charge in [-0.1, -0.05) is 79.0 Å². The second-order valence-corrected chi connectivity index (χ2v) is 9.11. The third-order valence-corrected chi connectivity index (χ3v) is 7.06. The number of ether oxygens (including phenoxy) is 2. The van der Waals surface area contributed by atoms with Crippen LogP contribution in [0.25, 0.3) is 0 Å². The van der Waals surface area contributed by atoms with Gasteiger partial charge in [0.1, 0.15) is 0 Å². The van der Waals surface area contributed by atoms with Crippen molar-refractivity contribution in [3.63, 3.8) is 0 Å². The first kappa shape index (κ1) is 17.8. The summed E-state index contributed by atoms with van der Waals surface area (Å²) in [6, 6.07) is 10.3. The van der Waals surface area contributed by atoms with Gasteiger partial charge in [-0.05, 0) is 23.8 Å². The molecule has 0 N–H and O–H groups in total. The molecule has 2 nitrogen and oxygen atoms in total. The van der Waals surface area contributed by atoms with Crippen molar-refractivity contribution < 1.29 is 9.47 Å². The lowest BCUT2D eigenvalue weighted by atomic mass is 9.67. The summed E-state index contributed by atoms with van der Waals surface area (Å²) in [6.45, 7) is 5.55. The van der Waals surface area contributed by atoms with Crippen LogP contribution in [0.3, 0.4) is 0 Å². The van der Waals surface area contributed by atoms with Crippen LogP contribution in [0.4, 0.5) is 0 Å². The second kappa shape index (κ2) is 6.38. The summed E-state index contributed by atoms with van der Waals surface area (Å²) in [4.78, 5) is 0. The van der Waals surface area contributed by atoms with Gasteiger partial charge in [0.25, 0.3) is 0 Å². The molecule has 2 heterocycles. The van der Waals surface area contributed by atoms with Gasteiger partial charge in [-0.3, -0.25) is 0 Å². The number of halogens is 3. The zero-order valence-electron chi connectivity index (χ0n) is 13.5. The summed E-state index contributed by atoms with van der Waals surface area (Å²) in [7, 11) is 0. The van der Waals surface area contributed by atoms with E-state index in [1.54, 1.807) is 0 Å². The van der Waals surface area contributed by atoms with E-state index in [0.717, 1.165) is 19.4 Å². The molecule has 3 unspecified atom stereocenters. The van der Waals surface area contributed by atoms with Crippen LogP contribution in [-0.2, 0) is 14.9 Å². The van der Waals surface area contributed by atoms with Crippen LogP contribution >= 0.6 is 34.8 Å². The quantitative estimate of drug-likeness (QED) is 0.664. The van der Waals surface area contributed by atoms with E-state index in [1.165, 1.54) is 5.56 Å². The van der Waals surface area contributed by atoms with Crippen LogP contribution in [0.5, 0.6) is 0 Å². The van der Waals surface area contributed by atoms with Gasteiger partial charge in [-0.25, -0.2) is 0 Å². The summed E-state index contributed by atoms with van der Waals surface area (Å²) < 4.78 is 10.8. The molecule has 5 heteroatoms. The fourth-order valence-corrected chi connectivity index (χ4v) is 5.09. The molecule has 0 spiro atoms. The van der Waals surface area contributed by atoms with Gasteiger partial charge in [0.05, 0.1) is 12.7 Å². The molecule has 1 aromatic carbocycles. The Labute approximate surface area is 153 Å². The molecule has 0 radical (unpaired) electrons. The molecule has 2 aliphatic rings. The SMILES string of the molecule is CC(C)(c1ccccc1)C(C1CCCO1)C1(Cl)OCCC1(Cl)Cl. The Morgan fingerprint density at radius 2 is 1.83 bits per heavy atom. The van der Waals surface area contributed by atoms with Crippen molar-refractivity contribution in [3.05, 3.63) is 35.9 Å². The molecular formula is C18H23Cl3O2. The van der Waals surface area contributed by atoms with Crippen LogP contribution in [0.1, 0.15) is 38.7 Å². The number of hydrogen-bond acceptors (Lipinski definition) is 2. The van der Waals surface area contributed by atoms with Crippen molar-refractivity contribution in [1.29, 1.82) is 0 Å². The minimum atomic E-state index is -1.16. The molecule has 0 saturated carbocycles. The maximum absolute atomic E-state index is 6.98. The first-order chi connectivity index (χ1) is 10.8. The van der Waals surface area contributed by atoms with E-state index >= 15 is 0 Å². The molecule has 0 aliphatic carbocycles. The lowest BCUT2D eigenvalue weighted by Crippen LogP contribution is -2.56. The number of alkyl halides is 3. The summed E-state index contributed by atoms with van der Waals surface area (Å²) in [5, 5.41) is -1.16. The van der Waals surface area contributed by atoms with Gasteiger partial charge in [-0.15, -0.1) is 0 Å². The van der Waals surface area contributed by atoms with Gasteiger partial charge in [-0.2, -0.15) is 0 Å². The standard InChI is InChI=1S/C18H23Cl3O2/c1-16(2,13-7-4-3-5-8-13)15(14-9-6-11-22-14)18(21)17(19,20)10-12-23-18/h3-5,7-8,14-15H,6,9-12H2,1-2H3. The summed E-state index contributed by atoms with van der Waals surface area (Å²) in [5.41, 5.74) is 0.886. The minimum absolute atomic E-state index is 0.0160. The third-order valence-electron chi connectivity index (χ3n) is 5.26. The molecule has 3 atom stereocenters. The fraction of sp³-hybridized carbons (Fsp3) is 0.667. The molecule has 128 valence electrons. The van der Waals surface area contributed by atoms with Crippen molar-refractivity contribution in [1.82, 2.24) is 0 Å². The van der Waals surface area contributed by atoms with E-state index in [9.17, 15) is 0 Å². The predicted molar refractivity (Wildman–Crippen MR) is 95.5 cm³/mol. The predicted octanol–water partition coefficient (Wildman–Crippen LogP) is 5.29.